The number of oxime groups is 1. The van der Waals surface area contributed by atoms with E-state index in [1.165, 1.54) is 42.5 Å². The van der Waals surface area contributed by atoms with Crippen LogP contribution in [0.5, 0.6) is 11.5 Å². The smallest absolute Gasteiger partial charge is 0.437 e. The standard InChI is InChI=1S/C22H20Cl4F3NO3/c1-14(13-33-30-21(22(27,28)29)15-5-3-2-4-6-15)7-9-32-20-17(23)11-16(12-18(20)24)31-10-8-19(25)26/h2-6,8,11-12,14H,7,9-10,13H2,1H3. The first-order chi connectivity index (χ1) is 15.6. The highest BCUT2D eigenvalue weighted by atomic mass is 35.5. The first-order valence-corrected chi connectivity index (χ1v) is 11.2. The summed E-state index contributed by atoms with van der Waals surface area (Å²) in [6.45, 7) is 2.11. The number of hydrogen-bond donors (Lipinski definition) is 0. The fraction of sp³-hybridized carbons (Fsp3) is 0.318. The van der Waals surface area contributed by atoms with Crippen molar-refractivity contribution in [3.8, 4) is 11.5 Å². The van der Waals surface area contributed by atoms with E-state index in [2.05, 4.69) is 5.16 Å². The van der Waals surface area contributed by atoms with Crippen LogP contribution in [-0.2, 0) is 4.84 Å². The lowest BCUT2D eigenvalue weighted by molar-refractivity contribution is -0.0619. The number of alkyl halides is 3. The summed E-state index contributed by atoms with van der Waals surface area (Å²) < 4.78 is 50.9. The molecule has 0 aliphatic rings. The zero-order valence-corrected chi connectivity index (χ0v) is 20.4. The zero-order chi connectivity index (χ0) is 24.4. The predicted octanol–water partition coefficient (Wildman–Crippen LogP) is 8.08. The molecule has 4 nitrogen and oxygen atoms in total. The molecule has 2 rings (SSSR count). The molecule has 180 valence electrons. The average Bonchev–Trinajstić information content (AvgIpc) is 2.72. The molecule has 0 heterocycles. The largest absolute Gasteiger partial charge is 0.490 e. The summed E-state index contributed by atoms with van der Waals surface area (Å²) in [7, 11) is 0. The van der Waals surface area contributed by atoms with Crippen molar-refractivity contribution in [2.24, 2.45) is 11.1 Å². The van der Waals surface area contributed by atoms with Crippen molar-refractivity contribution in [3.05, 3.63) is 68.6 Å². The Kier molecular flexibility index (Phi) is 11.0. The van der Waals surface area contributed by atoms with Crippen LogP contribution in [0.4, 0.5) is 13.2 Å². The quantitative estimate of drug-likeness (QED) is 0.212. The lowest BCUT2D eigenvalue weighted by Crippen LogP contribution is -2.24. The second-order valence-electron chi connectivity index (χ2n) is 6.86. The maximum atomic E-state index is 13.2. The van der Waals surface area contributed by atoms with Gasteiger partial charge in [0.1, 0.15) is 23.5 Å². The maximum Gasteiger partial charge on any atom is 0.437 e. The normalized spacial score (nSPS) is 12.8. The van der Waals surface area contributed by atoms with Gasteiger partial charge >= 0.3 is 6.18 Å². The Hall–Kier alpha value is -1.80. The van der Waals surface area contributed by atoms with Gasteiger partial charge in [-0.25, -0.2) is 0 Å². The van der Waals surface area contributed by atoms with Gasteiger partial charge in [0.15, 0.2) is 11.5 Å². The lowest BCUT2D eigenvalue weighted by atomic mass is 10.1. The molecule has 0 aliphatic carbocycles. The SMILES string of the molecule is CC(CCOc1c(Cl)cc(OCC=C(Cl)Cl)cc1Cl)CON=C(c1ccccc1)C(F)(F)F. The molecule has 0 saturated carbocycles. The van der Waals surface area contributed by atoms with Crippen molar-refractivity contribution in [2.45, 2.75) is 19.5 Å². The van der Waals surface area contributed by atoms with Crippen LogP contribution in [0.2, 0.25) is 10.0 Å². The van der Waals surface area contributed by atoms with E-state index in [-0.39, 0.29) is 51.6 Å². The van der Waals surface area contributed by atoms with E-state index >= 15 is 0 Å². The number of ether oxygens (including phenoxy) is 2. The fourth-order valence-electron chi connectivity index (χ4n) is 2.50. The maximum absolute atomic E-state index is 13.2. The highest BCUT2D eigenvalue weighted by Gasteiger charge is 2.37. The molecule has 0 spiro atoms. The minimum atomic E-state index is -4.64. The molecule has 0 fully saturated rings. The van der Waals surface area contributed by atoms with Crippen LogP contribution in [0, 0.1) is 5.92 Å². The Bertz CT molecular complexity index is 942. The van der Waals surface area contributed by atoms with Crippen LogP contribution in [0.25, 0.3) is 0 Å². The van der Waals surface area contributed by atoms with E-state index in [9.17, 15) is 13.2 Å². The van der Waals surface area contributed by atoms with E-state index in [0.717, 1.165) is 0 Å². The van der Waals surface area contributed by atoms with Crippen molar-refractivity contribution in [1.82, 2.24) is 0 Å². The van der Waals surface area contributed by atoms with Crippen LogP contribution in [0.1, 0.15) is 18.9 Å². The van der Waals surface area contributed by atoms with Gasteiger partial charge in [0.25, 0.3) is 0 Å². The topological polar surface area (TPSA) is 40.0 Å². The molecule has 1 unspecified atom stereocenters. The molecule has 0 saturated heterocycles. The number of nitrogens with zero attached hydrogens (tertiary/aromatic N) is 1. The van der Waals surface area contributed by atoms with Gasteiger partial charge in [-0.15, -0.1) is 0 Å². The third kappa shape index (κ3) is 9.53. The second kappa shape index (κ2) is 13.2. The molecule has 0 radical (unpaired) electrons. The van der Waals surface area contributed by atoms with Crippen LogP contribution in [0.15, 0.2) is 58.2 Å². The lowest BCUT2D eigenvalue weighted by Gasteiger charge is -2.15. The average molecular weight is 545 g/mol. The molecule has 2 aromatic carbocycles. The molecule has 0 aliphatic heterocycles. The zero-order valence-electron chi connectivity index (χ0n) is 17.3. The number of hydrogen-bond acceptors (Lipinski definition) is 4. The summed E-state index contributed by atoms with van der Waals surface area (Å²) in [5.41, 5.74) is -1.16. The minimum absolute atomic E-state index is 0.0271. The van der Waals surface area contributed by atoms with E-state index in [0.29, 0.717) is 12.2 Å². The van der Waals surface area contributed by atoms with Gasteiger partial charge < -0.3 is 14.3 Å². The number of rotatable bonds is 11. The van der Waals surface area contributed by atoms with Gasteiger partial charge in [-0.1, -0.05) is 88.8 Å². The fourth-order valence-corrected chi connectivity index (χ4v) is 3.20. The monoisotopic (exact) mass is 543 g/mol. The molecule has 0 bridgehead atoms. The van der Waals surface area contributed by atoms with Crippen LogP contribution < -0.4 is 9.47 Å². The Morgan fingerprint density at radius 3 is 2.27 bits per heavy atom. The van der Waals surface area contributed by atoms with Gasteiger partial charge in [0.05, 0.1) is 16.7 Å². The van der Waals surface area contributed by atoms with Gasteiger partial charge in [-0.05, 0) is 18.4 Å². The van der Waals surface area contributed by atoms with Crippen LogP contribution >= 0.6 is 46.4 Å². The second-order valence-corrected chi connectivity index (χ2v) is 8.68. The third-order valence-corrected chi connectivity index (χ3v) is 5.02. The molecule has 0 N–H and O–H groups in total. The molecule has 11 heteroatoms. The van der Waals surface area contributed by atoms with E-state index in [4.69, 9.17) is 60.7 Å². The van der Waals surface area contributed by atoms with Gasteiger partial charge in [0, 0.05) is 17.7 Å². The van der Waals surface area contributed by atoms with Gasteiger partial charge in [0.2, 0.25) is 0 Å². The molecule has 0 aromatic heterocycles. The van der Waals surface area contributed by atoms with Gasteiger partial charge in [-0.2, -0.15) is 13.2 Å². The summed E-state index contributed by atoms with van der Waals surface area (Å²) in [5, 5.41) is 3.80. The first kappa shape index (κ1) is 27.4. The van der Waals surface area contributed by atoms with Crippen molar-refractivity contribution < 1.29 is 27.5 Å². The predicted molar refractivity (Wildman–Crippen MR) is 126 cm³/mol. The van der Waals surface area contributed by atoms with E-state index in [1.54, 1.807) is 13.0 Å². The minimum Gasteiger partial charge on any atom is -0.490 e. The molecule has 0 amide bonds. The van der Waals surface area contributed by atoms with Crippen LogP contribution in [0.3, 0.4) is 0 Å². The third-order valence-electron chi connectivity index (χ3n) is 4.15. The van der Waals surface area contributed by atoms with E-state index in [1.807, 2.05) is 0 Å². The van der Waals surface area contributed by atoms with Crippen molar-refractivity contribution >= 4 is 52.1 Å². The summed E-state index contributed by atoms with van der Waals surface area (Å²) in [5.74, 6) is 0.527. The molecule has 33 heavy (non-hydrogen) atoms. The van der Waals surface area contributed by atoms with E-state index < -0.39 is 11.9 Å². The van der Waals surface area contributed by atoms with Gasteiger partial charge in [-0.3, -0.25) is 0 Å². The number of benzene rings is 2. The number of halogens is 7. The van der Waals surface area contributed by atoms with Crippen molar-refractivity contribution in [1.29, 1.82) is 0 Å². The van der Waals surface area contributed by atoms with Crippen LogP contribution in [-0.4, -0.2) is 31.7 Å². The Morgan fingerprint density at radius 2 is 1.70 bits per heavy atom. The highest BCUT2D eigenvalue weighted by Crippen LogP contribution is 2.37. The molecule has 2 aromatic rings. The Balaban J connectivity index is 1.87. The van der Waals surface area contributed by atoms with Crippen molar-refractivity contribution in [2.75, 3.05) is 19.8 Å². The summed E-state index contributed by atoms with van der Waals surface area (Å²) >= 11 is 23.4. The summed E-state index contributed by atoms with van der Waals surface area (Å²) in [6.07, 6.45) is -2.71. The Labute approximate surface area is 209 Å². The molecular weight excluding hydrogens is 525 g/mol. The highest BCUT2D eigenvalue weighted by molar-refractivity contribution is 6.55. The molecule has 1 atom stereocenters. The summed E-state index contributed by atoms with van der Waals surface area (Å²) in [6, 6.07) is 10.3. The first-order valence-electron chi connectivity index (χ1n) is 9.66. The summed E-state index contributed by atoms with van der Waals surface area (Å²) in [4.78, 5) is 4.98. The van der Waals surface area contributed by atoms with Crippen molar-refractivity contribution in [3.63, 3.8) is 0 Å². The Morgan fingerprint density at radius 1 is 1.06 bits per heavy atom. The molecular formula is C22H20Cl4F3NO3.